The van der Waals surface area contributed by atoms with E-state index in [4.69, 9.17) is 4.52 Å². The molecule has 1 atom stereocenters. The van der Waals surface area contributed by atoms with Crippen LogP contribution in [0.4, 0.5) is 10.5 Å². The molecule has 0 radical (unpaired) electrons. The minimum Gasteiger partial charge on any atom is -0.347 e. The smallest absolute Gasteiger partial charge is 0.321 e. The van der Waals surface area contributed by atoms with Gasteiger partial charge in [-0.25, -0.2) is 4.79 Å². The van der Waals surface area contributed by atoms with Crippen LogP contribution in [-0.2, 0) is 6.54 Å². The van der Waals surface area contributed by atoms with E-state index in [2.05, 4.69) is 57.1 Å². The summed E-state index contributed by atoms with van der Waals surface area (Å²) in [6.45, 7) is 9.10. The lowest BCUT2D eigenvalue weighted by atomic mass is 10.2. The maximum Gasteiger partial charge on any atom is 0.321 e. The molecule has 1 aliphatic heterocycles. The van der Waals surface area contributed by atoms with E-state index in [1.807, 2.05) is 19.2 Å². The van der Waals surface area contributed by atoms with E-state index >= 15 is 0 Å². The summed E-state index contributed by atoms with van der Waals surface area (Å²) in [6.07, 6.45) is 2.10. The fourth-order valence-electron chi connectivity index (χ4n) is 3.81. The van der Waals surface area contributed by atoms with Gasteiger partial charge in [0.25, 0.3) is 0 Å². The van der Waals surface area contributed by atoms with E-state index in [0.717, 1.165) is 24.2 Å². The highest BCUT2D eigenvalue weighted by Crippen LogP contribution is 2.25. The summed E-state index contributed by atoms with van der Waals surface area (Å²) in [5.41, 5.74) is 1.98. The number of aromatic nitrogens is 3. The van der Waals surface area contributed by atoms with E-state index in [0.29, 0.717) is 30.7 Å². The van der Waals surface area contributed by atoms with Crippen molar-refractivity contribution in [3.63, 3.8) is 0 Å². The number of piperazine rings is 1. The van der Waals surface area contributed by atoms with Gasteiger partial charge in [0.2, 0.25) is 5.89 Å². The zero-order chi connectivity index (χ0) is 20.5. The number of hydrogen-bond acceptors (Lipinski definition) is 5. The van der Waals surface area contributed by atoms with Gasteiger partial charge in [-0.1, -0.05) is 19.0 Å². The summed E-state index contributed by atoms with van der Waals surface area (Å²) >= 11 is 0. The second-order valence-corrected chi connectivity index (χ2v) is 8.19. The van der Waals surface area contributed by atoms with E-state index in [1.165, 1.54) is 5.52 Å². The standard InChI is InChI=1S/C21H28N6O2/c1-14(2)12-26-8-7-16-11-17(5-6-18(16)26)23-21(28)27-10-9-25(4)19(13-27)20-22-15(3)24-29-20/h5-8,11,14,19H,9-10,12-13H2,1-4H3,(H,23,28). The van der Waals surface area contributed by atoms with Crippen LogP contribution in [0.2, 0.25) is 0 Å². The molecule has 8 heteroatoms. The molecule has 0 bridgehead atoms. The Morgan fingerprint density at radius 2 is 2.14 bits per heavy atom. The molecule has 0 aliphatic carbocycles. The number of aryl methyl sites for hydroxylation is 1. The lowest BCUT2D eigenvalue weighted by Gasteiger charge is -2.37. The van der Waals surface area contributed by atoms with Crippen molar-refractivity contribution < 1.29 is 9.32 Å². The largest absolute Gasteiger partial charge is 0.347 e. The van der Waals surface area contributed by atoms with E-state index in [9.17, 15) is 4.79 Å². The Hall–Kier alpha value is -2.87. The van der Waals surface area contributed by atoms with Crippen molar-refractivity contribution in [1.29, 1.82) is 0 Å². The lowest BCUT2D eigenvalue weighted by Crippen LogP contribution is -2.50. The van der Waals surface area contributed by atoms with E-state index in [-0.39, 0.29) is 12.1 Å². The third-order valence-electron chi connectivity index (χ3n) is 5.35. The molecule has 4 rings (SSSR count). The first-order valence-corrected chi connectivity index (χ1v) is 10.1. The van der Waals surface area contributed by atoms with Gasteiger partial charge < -0.3 is 19.3 Å². The van der Waals surface area contributed by atoms with Crippen molar-refractivity contribution in [3.05, 3.63) is 42.2 Å². The number of likely N-dealkylation sites (N-methyl/N-ethyl adjacent to an activating group) is 1. The number of rotatable bonds is 4. The summed E-state index contributed by atoms with van der Waals surface area (Å²) in [4.78, 5) is 21.1. The predicted octanol–water partition coefficient (Wildman–Crippen LogP) is 3.51. The predicted molar refractivity (Wildman–Crippen MR) is 112 cm³/mol. The summed E-state index contributed by atoms with van der Waals surface area (Å²) in [6, 6.07) is 7.95. The second-order valence-electron chi connectivity index (χ2n) is 8.19. The summed E-state index contributed by atoms with van der Waals surface area (Å²) in [5, 5.41) is 8.04. The number of urea groups is 1. The van der Waals surface area contributed by atoms with Crippen molar-refractivity contribution in [2.75, 3.05) is 32.0 Å². The zero-order valence-corrected chi connectivity index (χ0v) is 17.4. The van der Waals surface area contributed by atoms with E-state index in [1.54, 1.807) is 11.8 Å². The number of carbonyl (C=O) groups excluding carboxylic acids is 1. The first-order chi connectivity index (χ1) is 13.9. The Morgan fingerprint density at radius 1 is 1.31 bits per heavy atom. The van der Waals surface area contributed by atoms with Gasteiger partial charge in [-0.3, -0.25) is 4.90 Å². The van der Waals surface area contributed by atoms with Crippen molar-refractivity contribution in [1.82, 2.24) is 24.5 Å². The van der Waals surface area contributed by atoms with Crippen LogP contribution in [-0.4, -0.2) is 57.2 Å². The molecule has 1 fully saturated rings. The van der Waals surface area contributed by atoms with Gasteiger partial charge in [0.15, 0.2) is 5.82 Å². The van der Waals surface area contributed by atoms with Crippen LogP contribution in [0.1, 0.15) is 31.6 Å². The van der Waals surface area contributed by atoms with Crippen molar-refractivity contribution in [3.8, 4) is 0 Å². The van der Waals surface area contributed by atoms with E-state index < -0.39 is 0 Å². The Labute approximate surface area is 170 Å². The molecule has 154 valence electrons. The number of nitrogens with zero attached hydrogens (tertiary/aromatic N) is 5. The van der Waals surface area contributed by atoms with Crippen molar-refractivity contribution in [2.45, 2.75) is 33.4 Å². The highest BCUT2D eigenvalue weighted by Gasteiger charge is 2.32. The average Bonchev–Trinajstić information content (AvgIpc) is 3.28. The summed E-state index contributed by atoms with van der Waals surface area (Å²) in [5.74, 6) is 1.74. The van der Waals surface area contributed by atoms with Gasteiger partial charge in [-0.2, -0.15) is 4.98 Å². The molecule has 0 saturated carbocycles. The Morgan fingerprint density at radius 3 is 2.86 bits per heavy atom. The average molecular weight is 396 g/mol. The number of carbonyl (C=O) groups is 1. The Bertz CT molecular complexity index is 1010. The van der Waals surface area contributed by atoms with Crippen LogP contribution in [0, 0.1) is 12.8 Å². The van der Waals surface area contributed by atoms with Gasteiger partial charge >= 0.3 is 6.03 Å². The number of nitrogens with one attached hydrogen (secondary N) is 1. The lowest BCUT2D eigenvalue weighted by molar-refractivity contribution is 0.0960. The van der Waals surface area contributed by atoms with Crippen LogP contribution in [0.5, 0.6) is 0 Å². The number of fused-ring (bicyclic) bond motifs is 1. The minimum absolute atomic E-state index is 0.0942. The van der Waals surface area contributed by atoms with Crippen molar-refractivity contribution in [2.24, 2.45) is 5.92 Å². The third-order valence-corrected chi connectivity index (χ3v) is 5.35. The molecule has 1 aliphatic rings. The normalized spacial score (nSPS) is 18.0. The summed E-state index contributed by atoms with van der Waals surface area (Å²) in [7, 11) is 2.01. The molecule has 29 heavy (non-hydrogen) atoms. The van der Waals surface area contributed by atoms with Crippen LogP contribution in [0.3, 0.4) is 0 Å². The molecule has 3 heterocycles. The van der Waals surface area contributed by atoms with Crippen LogP contribution < -0.4 is 5.32 Å². The number of hydrogen-bond donors (Lipinski definition) is 1. The fourth-order valence-corrected chi connectivity index (χ4v) is 3.81. The Balaban J connectivity index is 1.46. The quantitative estimate of drug-likeness (QED) is 0.730. The van der Waals surface area contributed by atoms with Crippen molar-refractivity contribution >= 4 is 22.6 Å². The Kier molecular flexibility index (Phi) is 5.27. The van der Waals surface area contributed by atoms with Gasteiger partial charge in [0, 0.05) is 49.0 Å². The minimum atomic E-state index is -0.111. The monoisotopic (exact) mass is 396 g/mol. The number of amides is 2. The van der Waals surface area contributed by atoms with Gasteiger partial charge in [-0.05, 0) is 44.2 Å². The highest BCUT2D eigenvalue weighted by atomic mass is 16.5. The molecule has 0 spiro atoms. The molecule has 8 nitrogen and oxygen atoms in total. The molecule has 1 aromatic carbocycles. The molecule has 3 aromatic rings. The zero-order valence-electron chi connectivity index (χ0n) is 17.4. The first-order valence-electron chi connectivity index (χ1n) is 10.1. The fraction of sp³-hybridized carbons (Fsp3) is 0.476. The topological polar surface area (TPSA) is 79.4 Å². The molecule has 2 aromatic heterocycles. The van der Waals surface area contributed by atoms with Crippen LogP contribution in [0.15, 0.2) is 35.0 Å². The molecule has 1 N–H and O–H groups in total. The SMILES string of the molecule is Cc1noc(C2CN(C(=O)Nc3ccc4c(ccn4CC(C)C)c3)CCN2C)n1. The number of benzene rings is 1. The van der Waals surface area contributed by atoms with Crippen LogP contribution >= 0.6 is 0 Å². The number of anilines is 1. The maximum absolute atomic E-state index is 12.9. The third kappa shape index (κ3) is 4.12. The highest BCUT2D eigenvalue weighted by molar-refractivity contribution is 5.93. The van der Waals surface area contributed by atoms with Gasteiger partial charge in [0.1, 0.15) is 6.04 Å². The summed E-state index contributed by atoms with van der Waals surface area (Å²) < 4.78 is 7.59. The van der Waals surface area contributed by atoms with Gasteiger partial charge in [-0.15, -0.1) is 0 Å². The molecule has 1 saturated heterocycles. The van der Waals surface area contributed by atoms with Crippen LogP contribution in [0.25, 0.3) is 10.9 Å². The molecule has 1 unspecified atom stereocenters. The first kappa shape index (κ1) is 19.4. The van der Waals surface area contributed by atoms with Gasteiger partial charge in [0.05, 0.1) is 0 Å². The molecule has 2 amide bonds. The molecular formula is C21H28N6O2. The molecular weight excluding hydrogens is 368 g/mol. The maximum atomic E-state index is 12.9. The second kappa shape index (κ2) is 7.87.